The van der Waals surface area contributed by atoms with E-state index in [-0.39, 0.29) is 18.6 Å². The van der Waals surface area contributed by atoms with Gasteiger partial charge in [0.05, 0.1) is 25.3 Å². The Kier molecular flexibility index (Phi) is 4.13. The number of carbonyl (C=O) groups excluding carboxylic acids is 2. The fourth-order valence-corrected chi connectivity index (χ4v) is 2.03. The van der Waals surface area contributed by atoms with Gasteiger partial charge in [0, 0.05) is 12.2 Å². The van der Waals surface area contributed by atoms with Crippen LogP contribution in [-0.2, 0) is 14.3 Å². The molecule has 19 heavy (non-hydrogen) atoms. The first kappa shape index (κ1) is 13.5. The summed E-state index contributed by atoms with van der Waals surface area (Å²) >= 11 is 0. The molecule has 1 fully saturated rings. The van der Waals surface area contributed by atoms with E-state index in [1.807, 2.05) is 0 Å². The SMILES string of the molecule is COC(=O)c1ccc(N2C(=O)COCC2CN)cc1. The van der Waals surface area contributed by atoms with Crippen molar-refractivity contribution in [3.8, 4) is 0 Å². The number of benzene rings is 1. The number of nitrogens with two attached hydrogens (primary N) is 1. The van der Waals surface area contributed by atoms with E-state index in [4.69, 9.17) is 10.5 Å². The van der Waals surface area contributed by atoms with Crippen LogP contribution in [0.25, 0.3) is 0 Å². The van der Waals surface area contributed by atoms with Crippen molar-refractivity contribution >= 4 is 17.6 Å². The van der Waals surface area contributed by atoms with Gasteiger partial charge in [-0.2, -0.15) is 0 Å². The van der Waals surface area contributed by atoms with Crippen LogP contribution in [0.1, 0.15) is 10.4 Å². The van der Waals surface area contributed by atoms with Gasteiger partial charge in [-0.1, -0.05) is 0 Å². The van der Waals surface area contributed by atoms with Gasteiger partial charge in [0.1, 0.15) is 6.61 Å². The highest BCUT2D eigenvalue weighted by Gasteiger charge is 2.29. The molecule has 0 aliphatic carbocycles. The Morgan fingerprint density at radius 1 is 1.47 bits per heavy atom. The topological polar surface area (TPSA) is 81.9 Å². The summed E-state index contributed by atoms with van der Waals surface area (Å²) in [6, 6.07) is 6.48. The van der Waals surface area contributed by atoms with Crippen LogP contribution in [0.15, 0.2) is 24.3 Å². The molecule has 1 aromatic carbocycles. The van der Waals surface area contributed by atoms with Crippen molar-refractivity contribution in [2.45, 2.75) is 6.04 Å². The number of ether oxygens (including phenoxy) is 2. The van der Waals surface area contributed by atoms with Gasteiger partial charge in [-0.05, 0) is 24.3 Å². The molecule has 6 nitrogen and oxygen atoms in total. The molecule has 0 radical (unpaired) electrons. The van der Waals surface area contributed by atoms with E-state index in [2.05, 4.69) is 4.74 Å². The molecule has 1 atom stereocenters. The third-order valence-corrected chi connectivity index (χ3v) is 3.01. The van der Waals surface area contributed by atoms with Gasteiger partial charge in [-0.3, -0.25) is 4.79 Å². The second kappa shape index (κ2) is 5.81. The lowest BCUT2D eigenvalue weighted by Crippen LogP contribution is -2.53. The van der Waals surface area contributed by atoms with E-state index in [0.717, 1.165) is 0 Å². The van der Waals surface area contributed by atoms with Crippen molar-refractivity contribution in [1.82, 2.24) is 0 Å². The van der Waals surface area contributed by atoms with E-state index in [9.17, 15) is 9.59 Å². The van der Waals surface area contributed by atoms with Crippen LogP contribution in [0, 0.1) is 0 Å². The smallest absolute Gasteiger partial charge is 0.337 e. The number of methoxy groups -OCH3 is 1. The highest BCUT2D eigenvalue weighted by atomic mass is 16.5. The number of nitrogens with zero attached hydrogens (tertiary/aromatic N) is 1. The van der Waals surface area contributed by atoms with Crippen LogP contribution >= 0.6 is 0 Å². The number of rotatable bonds is 3. The van der Waals surface area contributed by atoms with Gasteiger partial charge < -0.3 is 20.1 Å². The van der Waals surface area contributed by atoms with Crippen LogP contribution in [0.4, 0.5) is 5.69 Å². The monoisotopic (exact) mass is 264 g/mol. The predicted molar refractivity (Wildman–Crippen MR) is 68.9 cm³/mol. The Morgan fingerprint density at radius 2 is 2.16 bits per heavy atom. The van der Waals surface area contributed by atoms with Gasteiger partial charge in [0.2, 0.25) is 0 Å². The lowest BCUT2D eigenvalue weighted by molar-refractivity contribution is -0.127. The zero-order valence-electron chi connectivity index (χ0n) is 10.7. The third kappa shape index (κ3) is 2.74. The van der Waals surface area contributed by atoms with Crippen LogP contribution < -0.4 is 10.6 Å². The second-order valence-electron chi connectivity index (χ2n) is 4.21. The van der Waals surface area contributed by atoms with Crippen LogP contribution in [-0.4, -0.2) is 44.8 Å². The maximum Gasteiger partial charge on any atom is 0.337 e. The first-order valence-electron chi connectivity index (χ1n) is 5.95. The Balaban J connectivity index is 2.24. The average Bonchev–Trinajstić information content (AvgIpc) is 2.46. The largest absolute Gasteiger partial charge is 0.465 e. The highest BCUT2D eigenvalue weighted by Crippen LogP contribution is 2.21. The molecular weight excluding hydrogens is 248 g/mol. The summed E-state index contributed by atoms with van der Waals surface area (Å²) in [5, 5.41) is 0. The Hall–Kier alpha value is -1.92. The van der Waals surface area contributed by atoms with E-state index in [0.29, 0.717) is 24.4 Å². The molecule has 1 aliphatic rings. The number of hydrogen-bond acceptors (Lipinski definition) is 5. The zero-order chi connectivity index (χ0) is 13.8. The van der Waals surface area contributed by atoms with E-state index < -0.39 is 5.97 Å². The van der Waals surface area contributed by atoms with Crippen molar-refractivity contribution in [3.05, 3.63) is 29.8 Å². The molecule has 102 valence electrons. The van der Waals surface area contributed by atoms with E-state index >= 15 is 0 Å². The van der Waals surface area contributed by atoms with Gasteiger partial charge in [0.25, 0.3) is 5.91 Å². The van der Waals surface area contributed by atoms with Gasteiger partial charge in [0.15, 0.2) is 0 Å². The fraction of sp³-hybridized carbons (Fsp3) is 0.385. The van der Waals surface area contributed by atoms with E-state index in [1.54, 1.807) is 29.2 Å². The summed E-state index contributed by atoms with van der Waals surface area (Å²) in [4.78, 5) is 24.9. The summed E-state index contributed by atoms with van der Waals surface area (Å²) < 4.78 is 9.80. The van der Waals surface area contributed by atoms with Gasteiger partial charge in [-0.25, -0.2) is 4.79 Å². The molecule has 1 amide bonds. The normalized spacial score (nSPS) is 19.4. The minimum atomic E-state index is -0.407. The molecule has 0 aromatic heterocycles. The summed E-state index contributed by atoms with van der Waals surface area (Å²) in [5.74, 6) is -0.539. The first-order chi connectivity index (χ1) is 9.17. The summed E-state index contributed by atoms with van der Waals surface area (Å²) in [5.41, 5.74) is 6.79. The lowest BCUT2D eigenvalue weighted by Gasteiger charge is -2.34. The molecule has 1 unspecified atom stereocenters. The molecule has 2 rings (SSSR count). The minimum absolute atomic E-state index is 0.0508. The summed E-state index contributed by atoms with van der Waals surface area (Å²) in [6.07, 6.45) is 0. The molecule has 6 heteroatoms. The summed E-state index contributed by atoms with van der Waals surface area (Å²) in [7, 11) is 1.33. The number of morpholine rings is 1. The molecule has 0 saturated carbocycles. The standard InChI is InChI=1S/C13H16N2O4/c1-18-13(17)9-2-4-10(5-3-9)15-11(6-14)7-19-8-12(15)16/h2-5,11H,6-8,14H2,1H3. The van der Waals surface area contributed by atoms with E-state index in [1.165, 1.54) is 7.11 Å². The number of anilines is 1. The Bertz CT molecular complexity index is 472. The van der Waals surface area contributed by atoms with Crippen molar-refractivity contribution in [2.75, 3.05) is 31.8 Å². The molecule has 1 saturated heterocycles. The number of amides is 1. The molecule has 0 bridgehead atoms. The van der Waals surface area contributed by atoms with Crippen LogP contribution in [0.2, 0.25) is 0 Å². The maximum atomic E-state index is 11.9. The molecule has 2 N–H and O–H groups in total. The highest BCUT2D eigenvalue weighted by molar-refractivity contribution is 5.96. The molecule has 1 heterocycles. The molecule has 0 spiro atoms. The van der Waals surface area contributed by atoms with Gasteiger partial charge >= 0.3 is 5.97 Å². The zero-order valence-corrected chi connectivity index (χ0v) is 10.7. The van der Waals surface area contributed by atoms with Crippen molar-refractivity contribution in [3.63, 3.8) is 0 Å². The quantitative estimate of drug-likeness (QED) is 0.787. The number of hydrogen-bond donors (Lipinski definition) is 1. The Morgan fingerprint density at radius 3 is 2.74 bits per heavy atom. The number of esters is 1. The van der Waals surface area contributed by atoms with Gasteiger partial charge in [-0.15, -0.1) is 0 Å². The van der Waals surface area contributed by atoms with Crippen molar-refractivity contribution < 1.29 is 19.1 Å². The maximum absolute atomic E-state index is 11.9. The molecular formula is C13H16N2O4. The molecule has 1 aliphatic heterocycles. The lowest BCUT2D eigenvalue weighted by atomic mass is 10.1. The minimum Gasteiger partial charge on any atom is -0.465 e. The predicted octanol–water partition coefficient (Wildman–Crippen LogP) is 0.164. The third-order valence-electron chi connectivity index (χ3n) is 3.01. The van der Waals surface area contributed by atoms with Crippen molar-refractivity contribution in [1.29, 1.82) is 0 Å². The second-order valence-corrected chi connectivity index (χ2v) is 4.21. The first-order valence-corrected chi connectivity index (χ1v) is 5.95. The molecule has 1 aromatic rings. The van der Waals surface area contributed by atoms with Crippen molar-refractivity contribution in [2.24, 2.45) is 5.73 Å². The number of carbonyl (C=O) groups is 2. The summed E-state index contributed by atoms with van der Waals surface area (Å²) in [6.45, 7) is 0.792. The Labute approximate surface area is 111 Å². The fourth-order valence-electron chi connectivity index (χ4n) is 2.03. The average molecular weight is 264 g/mol. The van der Waals surface area contributed by atoms with Crippen LogP contribution in [0.3, 0.4) is 0 Å². The van der Waals surface area contributed by atoms with Crippen LogP contribution in [0.5, 0.6) is 0 Å².